The van der Waals surface area contributed by atoms with E-state index in [0.717, 1.165) is 49.3 Å². The van der Waals surface area contributed by atoms with Crippen LogP contribution in [0.15, 0.2) is 18.2 Å². The van der Waals surface area contributed by atoms with Gasteiger partial charge < -0.3 is 14.4 Å². The molecule has 0 aliphatic carbocycles. The Morgan fingerprint density at radius 2 is 2.05 bits per heavy atom. The van der Waals surface area contributed by atoms with Gasteiger partial charge in [0, 0.05) is 13.0 Å². The normalized spacial score (nSPS) is 17.9. The molecule has 116 valence electrons. The van der Waals surface area contributed by atoms with Gasteiger partial charge in [0.1, 0.15) is 0 Å². The van der Waals surface area contributed by atoms with E-state index in [0.29, 0.717) is 6.42 Å². The molecular weight excluding hydrogens is 266 g/mol. The average molecular weight is 291 g/mol. The topological polar surface area (TPSA) is 38.8 Å². The quantitative estimate of drug-likeness (QED) is 0.804. The zero-order valence-corrected chi connectivity index (χ0v) is 13.2. The molecule has 21 heavy (non-hydrogen) atoms. The van der Waals surface area contributed by atoms with Crippen LogP contribution in [-0.4, -0.2) is 31.6 Å². The van der Waals surface area contributed by atoms with E-state index in [4.69, 9.17) is 9.47 Å². The van der Waals surface area contributed by atoms with Gasteiger partial charge in [-0.05, 0) is 37.0 Å². The zero-order valence-electron chi connectivity index (χ0n) is 13.2. The van der Waals surface area contributed by atoms with Crippen molar-refractivity contribution >= 4 is 5.91 Å². The molecule has 2 rings (SSSR count). The number of unbranched alkanes of at least 4 members (excludes halogenated alkanes) is 1. The molecule has 0 radical (unpaired) electrons. The molecular formula is C17H25NO3. The monoisotopic (exact) mass is 291 g/mol. The van der Waals surface area contributed by atoms with E-state index in [2.05, 4.69) is 6.92 Å². The summed E-state index contributed by atoms with van der Waals surface area (Å²) in [5.74, 6) is 1.72. The molecule has 1 aromatic carbocycles. The molecule has 1 saturated heterocycles. The maximum absolute atomic E-state index is 12.3. The number of rotatable bonds is 6. The van der Waals surface area contributed by atoms with Gasteiger partial charge in [-0.25, -0.2) is 0 Å². The first-order valence-corrected chi connectivity index (χ1v) is 7.72. The molecule has 1 unspecified atom stereocenters. The standard InChI is InChI=1S/C17H25NO3/c1-4-5-8-17(19)18-11-6-7-14(18)13-9-10-15(20-2)16(12-13)21-3/h9-10,12,14H,4-8,11H2,1-3H3. The highest BCUT2D eigenvalue weighted by Crippen LogP contribution is 2.37. The van der Waals surface area contributed by atoms with E-state index in [9.17, 15) is 4.79 Å². The van der Waals surface area contributed by atoms with Crippen LogP contribution in [0.4, 0.5) is 0 Å². The molecule has 1 fully saturated rings. The highest BCUT2D eigenvalue weighted by molar-refractivity contribution is 5.77. The third-order valence-corrected chi connectivity index (χ3v) is 4.11. The third kappa shape index (κ3) is 3.49. The molecule has 1 aromatic rings. The second kappa shape index (κ2) is 7.34. The van der Waals surface area contributed by atoms with Gasteiger partial charge in [0.25, 0.3) is 0 Å². The van der Waals surface area contributed by atoms with E-state index < -0.39 is 0 Å². The number of methoxy groups -OCH3 is 2. The summed E-state index contributed by atoms with van der Waals surface area (Å²) in [5, 5.41) is 0. The average Bonchev–Trinajstić information content (AvgIpc) is 3.01. The minimum atomic E-state index is 0.175. The highest BCUT2D eigenvalue weighted by Gasteiger charge is 2.29. The molecule has 1 aliphatic heterocycles. The van der Waals surface area contributed by atoms with Crippen LogP contribution in [-0.2, 0) is 4.79 Å². The molecule has 0 aromatic heterocycles. The Bertz CT molecular complexity index is 487. The maximum atomic E-state index is 12.3. The van der Waals surface area contributed by atoms with Crippen LogP contribution < -0.4 is 9.47 Å². The predicted octanol–water partition coefficient (Wildman–Crippen LogP) is 3.56. The Morgan fingerprint density at radius 3 is 2.71 bits per heavy atom. The molecule has 4 heteroatoms. The number of likely N-dealkylation sites (tertiary alicyclic amines) is 1. The van der Waals surface area contributed by atoms with Gasteiger partial charge in [-0.2, -0.15) is 0 Å². The van der Waals surface area contributed by atoms with Crippen molar-refractivity contribution in [1.29, 1.82) is 0 Å². The lowest BCUT2D eigenvalue weighted by Gasteiger charge is -2.25. The third-order valence-electron chi connectivity index (χ3n) is 4.11. The number of benzene rings is 1. The van der Waals surface area contributed by atoms with E-state index in [-0.39, 0.29) is 11.9 Å². The Labute approximate surface area is 127 Å². The fourth-order valence-corrected chi connectivity index (χ4v) is 2.94. The van der Waals surface area contributed by atoms with E-state index in [1.165, 1.54) is 0 Å². The van der Waals surface area contributed by atoms with Crippen molar-refractivity contribution in [2.24, 2.45) is 0 Å². The van der Waals surface area contributed by atoms with Crippen molar-refractivity contribution in [2.75, 3.05) is 20.8 Å². The zero-order chi connectivity index (χ0) is 15.2. The predicted molar refractivity (Wildman–Crippen MR) is 82.8 cm³/mol. The van der Waals surface area contributed by atoms with Crippen molar-refractivity contribution in [1.82, 2.24) is 4.90 Å². The Morgan fingerprint density at radius 1 is 1.29 bits per heavy atom. The molecule has 4 nitrogen and oxygen atoms in total. The molecule has 1 amide bonds. The molecule has 0 spiro atoms. The fourth-order valence-electron chi connectivity index (χ4n) is 2.94. The second-order valence-corrected chi connectivity index (χ2v) is 5.46. The van der Waals surface area contributed by atoms with E-state index in [1.807, 2.05) is 23.1 Å². The maximum Gasteiger partial charge on any atom is 0.223 e. The molecule has 1 aliphatic rings. The van der Waals surface area contributed by atoms with E-state index >= 15 is 0 Å². The van der Waals surface area contributed by atoms with Crippen molar-refractivity contribution in [3.05, 3.63) is 23.8 Å². The van der Waals surface area contributed by atoms with Crippen LogP contribution in [0.3, 0.4) is 0 Å². The summed E-state index contributed by atoms with van der Waals surface area (Å²) < 4.78 is 10.6. The smallest absolute Gasteiger partial charge is 0.223 e. The minimum absolute atomic E-state index is 0.175. The lowest BCUT2D eigenvalue weighted by Crippen LogP contribution is -2.30. The van der Waals surface area contributed by atoms with E-state index in [1.54, 1.807) is 14.2 Å². The number of carbonyl (C=O) groups is 1. The van der Waals surface area contributed by atoms with Crippen LogP contribution in [0.5, 0.6) is 11.5 Å². The first-order valence-electron chi connectivity index (χ1n) is 7.72. The first kappa shape index (κ1) is 15.7. The van der Waals surface area contributed by atoms with Crippen LogP contribution in [0.2, 0.25) is 0 Å². The molecule has 0 bridgehead atoms. The van der Waals surface area contributed by atoms with Gasteiger partial charge in [0.05, 0.1) is 20.3 Å². The van der Waals surface area contributed by atoms with Crippen molar-refractivity contribution < 1.29 is 14.3 Å². The number of amides is 1. The summed E-state index contributed by atoms with van der Waals surface area (Å²) in [7, 11) is 3.27. The number of hydrogen-bond acceptors (Lipinski definition) is 3. The van der Waals surface area contributed by atoms with Crippen LogP contribution in [0.25, 0.3) is 0 Å². The highest BCUT2D eigenvalue weighted by atomic mass is 16.5. The Hall–Kier alpha value is -1.71. The summed E-state index contributed by atoms with van der Waals surface area (Å²) in [4.78, 5) is 14.4. The van der Waals surface area contributed by atoms with Crippen molar-refractivity contribution in [2.45, 2.75) is 45.1 Å². The number of hydrogen-bond donors (Lipinski definition) is 0. The summed E-state index contributed by atoms with van der Waals surface area (Å²) in [6, 6.07) is 6.13. The Balaban J connectivity index is 2.17. The molecule has 0 N–H and O–H groups in total. The summed E-state index contributed by atoms with van der Waals surface area (Å²) in [5.41, 5.74) is 1.13. The van der Waals surface area contributed by atoms with Crippen LogP contribution >= 0.6 is 0 Å². The van der Waals surface area contributed by atoms with Gasteiger partial charge in [-0.15, -0.1) is 0 Å². The van der Waals surface area contributed by atoms with Gasteiger partial charge in [-0.1, -0.05) is 19.4 Å². The van der Waals surface area contributed by atoms with Gasteiger partial charge in [-0.3, -0.25) is 4.79 Å². The summed E-state index contributed by atoms with van der Waals surface area (Å²) in [6.45, 7) is 2.98. The lowest BCUT2D eigenvalue weighted by molar-refractivity contribution is -0.132. The van der Waals surface area contributed by atoms with Crippen molar-refractivity contribution in [3.63, 3.8) is 0 Å². The molecule has 0 saturated carbocycles. The summed E-state index contributed by atoms with van der Waals surface area (Å²) in [6.07, 6.45) is 4.76. The number of nitrogens with zero attached hydrogens (tertiary/aromatic N) is 1. The minimum Gasteiger partial charge on any atom is -0.493 e. The number of ether oxygens (including phenoxy) is 2. The van der Waals surface area contributed by atoms with Gasteiger partial charge in [0.15, 0.2) is 11.5 Å². The molecule has 1 heterocycles. The van der Waals surface area contributed by atoms with Crippen LogP contribution in [0.1, 0.15) is 50.6 Å². The van der Waals surface area contributed by atoms with Crippen LogP contribution in [0, 0.1) is 0 Å². The van der Waals surface area contributed by atoms with Crippen molar-refractivity contribution in [3.8, 4) is 11.5 Å². The number of carbonyl (C=O) groups excluding carboxylic acids is 1. The lowest BCUT2D eigenvalue weighted by atomic mass is 10.0. The molecule has 1 atom stereocenters. The first-order chi connectivity index (χ1) is 10.2. The van der Waals surface area contributed by atoms with Gasteiger partial charge in [0.2, 0.25) is 5.91 Å². The second-order valence-electron chi connectivity index (χ2n) is 5.46. The summed E-state index contributed by atoms with van der Waals surface area (Å²) >= 11 is 0. The Kier molecular flexibility index (Phi) is 5.48. The van der Waals surface area contributed by atoms with Gasteiger partial charge >= 0.3 is 0 Å². The largest absolute Gasteiger partial charge is 0.493 e. The fraction of sp³-hybridized carbons (Fsp3) is 0.588. The SMILES string of the molecule is CCCCC(=O)N1CCCC1c1ccc(OC)c(OC)c1.